The Morgan fingerprint density at radius 2 is 1.46 bits per heavy atom. The molecule has 0 atom stereocenters. The van der Waals surface area contributed by atoms with Crippen molar-refractivity contribution in [3.63, 3.8) is 0 Å². The molecule has 0 heterocycles. The fraction of sp³-hybridized carbons (Fsp3) is 0.103. The van der Waals surface area contributed by atoms with Crippen LogP contribution in [0.4, 0.5) is 5.69 Å². The molecule has 0 bridgehead atoms. The van der Waals surface area contributed by atoms with Gasteiger partial charge in [-0.2, -0.15) is 0 Å². The standard InChI is InChI=1S/C29H25BrN2O3/c30-25-19-23(22-11-5-2-6-12-22)15-16-27(25)35-20-28(33)32-26-14-8-7-13-24(26)29(34)31-18-17-21-9-3-1-4-10-21/h1-16,19H,17-18,20H2,(H,31,34)(H,32,33). The van der Waals surface area contributed by atoms with Crippen molar-refractivity contribution in [1.82, 2.24) is 5.32 Å². The molecule has 4 aromatic rings. The van der Waals surface area contributed by atoms with E-state index in [9.17, 15) is 9.59 Å². The summed E-state index contributed by atoms with van der Waals surface area (Å²) < 4.78 is 6.47. The maximum absolute atomic E-state index is 12.7. The fourth-order valence-corrected chi connectivity index (χ4v) is 4.10. The Morgan fingerprint density at radius 3 is 2.20 bits per heavy atom. The van der Waals surface area contributed by atoms with Gasteiger partial charge in [-0.25, -0.2) is 0 Å². The molecule has 4 rings (SSSR count). The first-order chi connectivity index (χ1) is 17.1. The van der Waals surface area contributed by atoms with Crippen LogP contribution in [-0.2, 0) is 11.2 Å². The van der Waals surface area contributed by atoms with Crippen LogP contribution in [0.15, 0.2) is 108 Å². The summed E-state index contributed by atoms with van der Waals surface area (Å²) in [6.07, 6.45) is 0.729. The molecule has 0 aliphatic rings. The van der Waals surface area contributed by atoms with Crippen LogP contribution in [0.25, 0.3) is 11.1 Å². The van der Waals surface area contributed by atoms with E-state index in [0.717, 1.165) is 27.6 Å². The Bertz CT molecular complexity index is 1290. The number of benzene rings is 4. The monoisotopic (exact) mass is 528 g/mol. The summed E-state index contributed by atoms with van der Waals surface area (Å²) in [5.41, 5.74) is 4.13. The molecule has 0 spiro atoms. The fourth-order valence-electron chi connectivity index (χ4n) is 3.61. The van der Waals surface area contributed by atoms with E-state index in [0.29, 0.717) is 23.5 Å². The molecule has 0 unspecified atom stereocenters. The third-order valence-electron chi connectivity index (χ3n) is 5.39. The maximum Gasteiger partial charge on any atom is 0.262 e. The first kappa shape index (κ1) is 24.2. The zero-order chi connectivity index (χ0) is 24.5. The van der Waals surface area contributed by atoms with Gasteiger partial charge in [0.05, 0.1) is 15.7 Å². The number of para-hydroxylation sites is 1. The van der Waals surface area contributed by atoms with Crippen LogP contribution in [0.3, 0.4) is 0 Å². The normalized spacial score (nSPS) is 10.4. The lowest BCUT2D eigenvalue weighted by molar-refractivity contribution is -0.118. The van der Waals surface area contributed by atoms with Crippen molar-refractivity contribution in [2.24, 2.45) is 0 Å². The number of nitrogens with one attached hydrogen (secondary N) is 2. The topological polar surface area (TPSA) is 67.4 Å². The number of rotatable bonds is 9. The van der Waals surface area contributed by atoms with Crippen LogP contribution >= 0.6 is 15.9 Å². The van der Waals surface area contributed by atoms with E-state index in [1.165, 1.54) is 0 Å². The average Bonchev–Trinajstić information content (AvgIpc) is 2.89. The number of halogens is 1. The van der Waals surface area contributed by atoms with Crippen LogP contribution in [0, 0.1) is 0 Å². The van der Waals surface area contributed by atoms with E-state index in [1.54, 1.807) is 24.3 Å². The predicted octanol–water partition coefficient (Wildman–Crippen LogP) is 6.11. The van der Waals surface area contributed by atoms with Gasteiger partial charge in [-0.1, -0.05) is 78.9 Å². The molecule has 6 heteroatoms. The van der Waals surface area contributed by atoms with Crippen molar-refractivity contribution >= 4 is 33.4 Å². The zero-order valence-corrected chi connectivity index (χ0v) is 20.6. The van der Waals surface area contributed by atoms with Crippen LogP contribution in [0.2, 0.25) is 0 Å². The van der Waals surface area contributed by atoms with Gasteiger partial charge in [-0.15, -0.1) is 0 Å². The molecule has 35 heavy (non-hydrogen) atoms. The molecule has 0 fully saturated rings. The number of hydrogen-bond donors (Lipinski definition) is 2. The number of carbonyl (C=O) groups is 2. The summed E-state index contributed by atoms with van der Waals surface area (Å²) in [5.74, 6) is -0.0302. The number of hydrogen-bond acceptors (Lipinski definition) is 3. The van der Waals surface area contributed by atoms with E-state index < -0.39 is 0 Å². The molecule has 0 radical (unpaired) electrons. The smallest absolute Gasteiger partial charge is 0.262 e. The molecule has 176 valence electrons. The second-order valence-electron chi connectivity index (χ2n) is 7.89. The molecule has 4 aromatic carbocycles. The van der Waals surface area contributed by atoms with E-state index in [2.05, 4.69) is 26.6 Å². The Hall–Kier alpha value is -3.90. The third kappa shape index (κ3) is 6.80. The minimum absolute atomic E-state index is 0.187. The quantitative estimate of drug-likeness (QED) is 0.275. The lowest BCUT2D eigenvalue weighted by atomic mass is 10.1. The summed E-state index contributed by atoms with van der Waals surface area (Å²) in [5, 5.41) is 5.70. The Balaban J connectivity index is 1.32. The molecular weight excluding hydrogens is 504 g/mol. The van der Waals surface area contributed by atoms with Crippen molar-refractivity contribution < 1.29 is 14.3 Å². The van der Waals surface area contributed by atoms with Gasteiger partial charge in [-0.05, 0) is 63.3 Å². The van der Waals surface area contributed by atoms with Crippen LogP contribution in [-0.4, -0.2) is 25.0 Å². The summed E-state index contributed by atoms with van der Waals surface area (Å²) in [6, 6.07) is 32.6. The summed E-state index contributed by atoms with van der Waals surface area (Å²) in [7, 11) is 0. The highest BCUT2D eigenvalue weighted by Gasteiger charge is 2.14. The molecule has 0 saturated carbocycles. The van der Waals surface area contributed by atoms with Gasteiger partial charge in [0.2, 0.25) is 0 Å². The lowest BCUT2D eigenvalue weighted by Crippen LogP contribution is -2.28. The Labute approximate surface area is 213 Å². The SMILES string of the molecule is O=C(COc1ccc(-c2ccccc2)cc1Br)Nc1ccccc1C(=O)NCCc1ccccc1. The maximum atomic E-state index is 12.7. The second kappa shape index (κ2) is 12.0. The van der Waals surface area contributed by atoms with Crippen molar-refractivity contribution in [2.45, 2.75) is 6.42 Å². The Kier molecular flexibility index (Phi) is 8.30. The largest absolute Gasteiger partial charge is 0.483 e. The van der Waals surface area contributed by atoms with E-state index in [1.807, 2.05) is 78.9 Å². The highest BCUT2D eigenvalue weighted by atomic mass is 79.9. The summed E-state index contributed by atoms with van der Waals surface area (Å²) >= 11 is 3.52. The molecule has 5 nitrogen and oxygen atoms in total. The van der Waals surface area contributed by atoms with Crippen LogP contribution in [0.5, 0.6) is 5.75 Å². The molecule has 0 saturated heterocycles. The molecule has 0 aromatic heterocycles. The van der Waals surface area contributed by atoms with E-state index >= 15 is 0 Å². The van der Waals surface area contributed by atoms with Crippen LogP contribution in [0.1, 0.15) is 15.9 Å². The van der Waals surface area contributed by atoms with Crippen LogP contribution < -0.4 is 15.4 Å². The first-order valence-corrected chi connectivity index (χ1v) is 12.1. The summed E-state index contributed by atoms with van der Waals surface area (Å²) in [6.45, 7) is 0.314. The van der Waals surface area contributed by atoms with Gasteiger partial charge in [0.15, 0.2) is 6.61 Å². The van der Waals surface area contributed by atoms with Crippen molar-refractivity contribution in [2.75, 3.05) is 18.5 Å². The molecule has 0 aliphatic carbocycles. The molecule has 2 amide bonds. The highest BCUT2D eigenvalue weighted by molar-refractivity contribution is 9.10. The lowest BCUT2D eigenvalue weighted by Gasteiger charge is -2.13. The zero-order valence-electron chi connectivity index (χ0n) is 19.0. The number of anilines is 1. The Morgan fingerprint density at radius 1 is 0.771 bits per heavy atom. The van der Waals surface area contributed by atoms with Gasteiger partial charge < -0.3 is 15.4 Å². The second-order valence-corrected chi connectivity index (χ2v) is 8.74. The number of amides is 2. The van der Waals surface area contributed by atoms with Gasteiger partial charge in [-0.3, -0.25) is 9.59 Å². The van der Waals surface area contributed by atoms with Crippen molar-refractivity contribution in [3.8, 4) is 16.9 Å². The van der Waals surface area contributed by atoms with Crippen molar-refractivity contribution in [1.29, 1.82) is 0 Å². The van der Waals surface area contributed by atoms with Gasteiger partial charge in [0.1, 0.15) is 5.75 Å². The molecule has 0 aliphatic heterocycles. The number of ether oxygens (including phenoxy) is 1. The van der Waals surface area contributed by atoms with Crippen molar-refractivity contribution in [3.05, 3.63) is 119 Å². The third-order valence-corrected chi connectivity index (χ3v) is 6.01. The molecule has 2 N–H and O–H groups in total. The van der Waals surface area contributed by atoms with E-state index in [-0.39, 0.29) is 18.4 Å². The predicted molar refractivity (Wildman–Crippen MR) is 143 cm³/mol. The van der Waals surface area contributed by atoms with Gasteiger partial charge in [0, 0.05) is 6.54 Å². The van der Waals surface area contributed by atoms with Gasteiger partial charge >= 0.3 is 0 Å². The first-order valence-electron chi connectivity index (χ1n) is 11.3. The van der Waals surface area contributed by atoms with Gasteiger partial charge in [0.25, 0.3) is 11.8 Å². The minimum atomic E-state index is -0.353. The molecular formula is C29H25BrN2O3. The summed E-state index contributed by atoms with van der Waals surface area (Å²) in [4.78, 5) is 25.3. The minimum Gasteiger partial charge on any atom is -0.483 e. The highest BCUT2D eigenvalue weighted by Crippen LogP contribution is 2.30. The van der Waals surface area contributed by atoms with E-state index in [4.69, 9.17) is 4.74 Å². The average molecular weight is 529 g/mol. The number of carbonyl (C=O) groups excluding carboxylic acids is 2.